The summed E-state index contributed by atoms with van der Waals surface area (Å²) in [6.07, 6.45) is 4.79. The molecule has 0 saturated heterocycles. The zero-order valence-electron chi connectivity index (χ0n) is 11.4. The summed E-state index contributed by atoms with van der Waals surface area (Å²) in [6, 6.07) is 0. The van der Waals surface area contributed by atoms with Crippen molar-refractivity contribution in [3.8, 4) is 0 Å². The fourth-order valence-electron chi connectivity index (χ4n) is 0.642. The van der Waals surface area contributed by atoms with Gasteiger partial charge in [0.05, 0.1) is 0 Å². The molecule has 4 N–H and O–H groups in total. The Morgan fingerprint density at radius 3 is 0.786 bits per heavy atom. The van der Waals surface area contributed by atoms with Crippen LogP contribution in [0.3, 0.4) is 0 Å². The Balaban J connectivity index is -0.0000000163. The van der Waals surface area contributed by atoms with Crippen molar-refractivity contribution in [3.63, 3.8) is 0 Å². The van der Waals surface area contributed by atoms with Crippen LogP contribution in [0.5, 0.6) is 0 Å². The van der Waals surface area contributed by atoms with Crippen molar-refractivity contribution >= 4 is 0 Å². The zero-order chi connectivity index (χ0) is 6.24. The molecule has 0 aromatic carbocycles. The summed E-state index contributed by atoms with van der Waals surface area (Å²) in [5.41, 5.74) is 10.6. The van der Waals surface area contributed by atoms with E-state index in [9.17, 15) is 0 Å². The predicted molar refractivity (Wildman–Crippen MR) is 36.6 cm³/mol. The van der Waals surface area contributed by atoms with Crippen LogP contribution < -0.4 is 320 Å². The maximum Gasteiger partial charge on any atom is 1.00 e. The van der Waals surface area contributed by atoms with E-state index >= 15 is 0 Å². The van der Waals surface area contributed by atoms with Gasteiger partial charge in [-0.2, -0.15) is 0 Å². The SMILES string of the molecule is NCCCCCCN.[K+].[K+].[K+].[K+].[K+].[K+]. The van der Waals surface area contributed by atoms with E-state index in [0.29, 0.717) is 0 Å². The molecule has 0 aliphatic carbocycles. The van der Waals surface area contributed by atoms with Crippen molar-refractivity contribution in [1.82, 2.24) is 0 Å². The van der Waals surface area contributed by atoms with Crippen molar-refractivity contribution in [2.75, 3.05) is 13.1 Å². The Labute approximate surface area is 345 Å². The van der Waals surface area contributed by atoms with Gasteiger partial charge in [0.25, 0.3) is 0 Å². The minimum atomic E-state index is 0. The van der Waals surface area contributed by atoms with Crippen molar-refractivity contribution in [1.29, 1.82) is 0 Å². The van der Waals surface area contributed by atoms with Gasteiger partial charge in [-0.15, -0.1) is 0 Å². The molecule has 0 aliphatic rings. The average molecular weight is 351 g/mol. The molecule has 0 unspecified atom stereocenters. The molecule has 0 aromatic rings. The van der Waals surface area contributed by atoms with E-state index in [-0.39, 0.29) is 308 Å². The molecule has 0 aliphatic heterocycles. The molecular weight excluding hydrogens is 335 g/mol. The summed E-state index contributed by atoms with van der Waals surface area (Å²) in [5.74, 6) is 0. The van der Waals surface area contributed by atoms with E-state index in [0.717, 1.165) is 25.9 Å². The van der Waals surface area contributed by atoms with Gasteiger partial charge in [0.15, 0.2) is 0 Å². The normalized spacial score (nSPS) is 5.57. The Morgan fingerprint density at radius 2 is 0.643 bits per heavy atom. The zero-order valence-corrected chi connectivity index (χ0v) is 30.1. The molecule has 50 valence electrons. The standard InChI is InChI=1S/C6H16N2.6K/c7-5-3-1-2-4-6-8;;;;;;/h1-8H2;;;;;;/q;6*+1. The van der Waals surface area contributed by atoms with Gasteiger partial charge in [0.1, 0.15) is 0 Å². The second-order valence-corrected chi connectivity index (χ2v) is 1.99. The second kappa shape index (κ2) is 43.4. The fourth-order valence-corrected chi connectivity index (χ4v) is 0.642. The van der Waals surface area contributed by atoms with Gasteiger partial charge in [-0.1, -0.05) is 12.8 Å². The van der Waals surface area contributed by atoms with Crippen LogP contribution in [0.4, 0.5) is 0 Å². The third-order valence-electron chi connectivity index (χ3n) is 1.16. The Bertz CT molecular complexity index is 45.3. The van der Waals surface area contributed by atoms with E-state index in [2.05, 4.69) is 0 Å². The van der Waals surface area contributed by atoms with Gasteiger partial charge in [0.2, 0.25) is 0 Å². The third-order valence-corrected chi connectivity index (χ3v) is 1.16. The first-order valence-electron chi connectivity index (χ1n) is 3.32. The maximum atomic E-state index is 5.28. The summed E-state index contributed by atoms with van der Waals surface area (Å²) in [7, 11) is 0. The van der Waals surface area contributed by atoms with Crippen molar-refractivity contribution in [2.45, 2.75) is 25.7 Å². The van der Waals surface area contributed by atoms with Crippen molar-refractivity contribution in [3.05, 3.63) is 0 Å². The van der Waals surface area contributed by atoms with E-state index in [1.54, 1.807) is 0 Å². The molecule has 0 atom stereocenters. The largest absolute Gasteiger partial charge is 1.00 e. The van der Waals surface area contributed by atoms with Gasteiger partial charge >= 0.3 is 308 Å². The molecule has 0 heterocycles. The molecule has 0 bridgehead atoms. The van der Waals surface area contributed by atoms with Gasteiger partial charge in [-0.3, -0.25) is 0 Å². The quantitative estimate of drug-likeness (QED) is 0.382. The molecular formula is C6H16K6N2+6. The first-order chi connectivity index (χ1) is 3.91. The first kappa shape index (κ1) is 43.8. The van der Waals surface area contributed by atoms with Crippen molar-refractivity contribution in [2.24, 2.45) is 11.5 Å². The van der Waals surface area contributed by atoms with Crippen LogP contribution in [0.25, 0.3) is 0 Å². The number of hydrogen-bond acceptors (Lipinski definition) is 2. The Hall–Kier alpha value is 9.74. The number of hydrogen-bond donors (Lipinski definition) is 2. The number of rotatable bonds is 5. The molecule has 0 radical (unpaired) electrons. The summed E-state index contributed by atoms with van der Waals surface area (Å²) in [4.78, 5) is 0. The Kier molecular flexibility index (Phi) is 136. The summed E-state index contributed by atoms with van der Waals surface area (Å²) < 4.78 is 0. The van der Waals surface area contributed by atoms with Crippen LogP contribution in [-0.2, 0) is 0 Å². The Morgan fingerprint density at radius 1 is 0.429 bits per heavy atom. The molecule has 0 fully saturated rings. The minimum Gasteiger partial charge on any atom is -0.330 e. The smallest absolute Gasteiger partial charge is 0.330 e. The van der Waals surface area contributed by atoms with Gasteiger partial charge < -0.3 is 11.5 Å². The molecule has 0 amide bonds. The second-order valence-electron chi connectivity index (χ2n) is 1.99. The maximum absolute atomic E-state index is 5.28. The van der Waals surface area contributed by atoms with Crippen LogP contribution in [-0.4, -0.2) is 13.1 Å². The van der Waals surface area contributed by atoms with Gasteiger partial charge in [-0.05, 0) is 25.9 Å². The molecule has 8 heteroatoms. The average Bonchev–Trinajstić information content (AvgIpc) is 1.81. The van der Waals surface area contributed by atoms with Crippen LogP contribution >= 0.6 is 0 Å². The van der Waals surface area contributed by atoms with E-state index in [1.165, 1.54) is 12.8 Å². The molecule has 0 rings (SSSR count). The topological polar surface area (TPSA) is 52.0 Å². The number of unbranched alkanes of at least 4 members (excludes halogenated alkanes) is 3. The van der Waals surface area contributed by atoms with Gasteiger partial charge in [0, 0.05) is 0 Å². The fraction of sp³-hybridized carbons (Fsp3) is 1.00. The summed E-state index contributed by atoms with van der Waals surface area (Å²) in [6.45, 7) is 1.65. The first-order valence-corrected chi connectivity index (χ1v) is 3.32. The van der Waals surface area contributed by atoms with E-state index < -0.39 is 0 Å². The predicted octanol–water partition coefficient (Wildman–Crippen LogP) is -17.5. The van der Waals surface area contributed by atoms with Gasteiger partial charge in [-0.25, -0.2) is 0 Å². The third kappa shape index (κ3) is 43.0. The molecule has 14 heavy (non-hydrogen) atoms. The van der Waals surface area contributed by atoms with Crippen LogP contribution in [0.1, 0.15) is 25.7 Å². The van der Waals surface area contributed by atoms with Crippen LogP contribution in [0.2, 0.25) is 0 Å². The molecule has 0 spiro atoms. The number of nitrogens with two attached hydrogens (primary N) is 2. The molecule has 2 nitrogen and oxygen atoms in total. The summed E-state index contributed by atoms with van der Waals surface area (Å²) >= 11 is 0. The molecule has 0 aromatic heterocycles. The van der Waals surface area contributed by atoms with E-state index in [1.807, 2.05) is 0 Å². The van der Waals surface area contributed by atoms with Crippen molar-refractivity contribution < 1.29 is 308 Å². The summed E-state index contributed by atoms with van der Waals surface area (Å²) in [5, 5.41) is 0. The van der Waals surface area contributed by atoms with Crippen LogP contribution in [0, 0.1) is 0 Å². The molecule has 0 saturated carbocycles. The monoisotopic (exact) mass is 350 g/mol. The van der Waals surface area contributed by atoms with Crippen LogP contribution in [0.15, 0.2) is 0 Å². The van der Waals surface area contributed by atoms with E-state index in [4.69, 9.17) is 11.5 Å². The minimum absolute atomic E-state index is 0.